The summed E-state index contributed by atoms with van der Waals surface area (Å²) in [4.78, 5) is 8.65. The van der Waals surface area contributed by atoms with Gasteiger partial charge in [0.05, 0.1) is 11.4 Å². The molecule has 0 bridgehead atoms. The van der Waals surface area contributed by atoms with E-state index in [9.17, 15) is 0 Å². The minimum absolute atomic E-state index is 0.442. The fraction of sp³-hybridized carbons (Fsp3) is 0.273. The maximum atomic E-state index is 5.53. The highest BCUT2D eigenvalue weighted by molar-refractivity contribution is 7.99. The maximum Gasteiger partial charge on any atom is 0.262 e. The summed E-state index contributed by atoms with van der Waals surface area (Å²) >= 11 is 1.41. The molecule has 2 heterocycles. The number of hydrogen-bond donors (Lipinski definition) is 1. The Morgan fingerprint density at radius 2 is 2.12 bits per heavy atom. The smallest absolute Gasteiger partial charge is 0.262 e. The van der Waals surface area contributed by atoms with E-state index in [0.717, 1.165) is 22.2 Å². The Bertz CT molecular complexity index is 476. The first-order valence-electron chi connectivity index (χ1n) is 4.97. The summed E-state index contributed by atoms with van der Waals surface area (Å²) < 4.78 is 5.47. The molecule has 0 saturated heterocycles. The van der Waals surface area contributed by atoms with Crippen LogP contribution >= 0.6 is 11.8 Å². The fourth-order valence-corrected chi connectivity index (χ4v) is 2.04. The van der Waals surface area contributed by atoms with E-state index in [1.807, 2.05) is 32.0 Å². The van der Waals surface area contributed by atoms with Gasteiger partial charge in [0.15, 0.2) is 0 Å². The third kappa shape index (κ3) is 2.43. The van der Waals surface area contributed by atoms with Crippen LogP contribution in [0.3, 0.4) is 0 Å². The lowest BCUT2D eigenvalue weighted by Crippen LogP contribution is -1.99. The zero-order chi connectivity index (χ0) is 11.5. The van der Waals surface area contributed by atoms with Crippen LogP contribution in [0.4, 0.5) is 0 Å². The van der Waals surface area contributed by atoms with E-state index in [0.29, 0.717) is 11.8 Å². The second-order valence-electron chi connectivity index (χ2n) is 3.39. The molecule has 0 spiro atoms. The number of nitrogens with two attached hydrogens (primary N) is 1. The number of rotatable bonds is 3. The van der Waals surface area contributed by atoms with Crippen molar-refractivity contribution in [1.29, 1.82) is 0 Å². The molecule has 2 aromatic heterocycles. The van der Waals surface area contributed by atoms with Crippen LogP contribution < -0.4 is 5.73 Å². The number of hydrogen-bond acceptors (Lipinski definition) is 5. The normalized spacial score (nSPS) is 10.7. The third-order valence-corrected chi connectivity index (χ3v) is 2.98. The molecule has 0 aliphatic rings. The Morgan fingerprint density at radius 3 is 2.75 bits per heavy atom. The van der Waals surface area contributed by atoms with Crippen molar-refractivity contribution in [3.05, 3.63) is 35.3 Å². The van der Waals surface area contributed by atoms with Crippen LogP contribution in [0.15, 0.2) is 32.9 Å². The summed E-state index contributed by atoms with van der Waals surface area (Å²) in [5, 5.41) is 1.47. The van der Waals surface area contributed by atoms with Gasteiger partial charge in [-0.2, -0.15) is 0 Å². The minimum atomic E-state index is 0.442. The molecular formula is C11H13N3OS. The number of aryl methyl sites for hydroxylation is 2. The summed E-state index contributed by atoms with van der Waals surface area (Å²) in [6, 6.07) is 5.75. The summed E-state index contributed by atoms with van der Waals surface area (Å²) in [7, 11) is 0. The molecule has 0 fully saturated rings. The highest BCUT2D eigenvalue weighted by atomic mass is 32.2. The van der Waals surface area contributed by atoms with E-state index in [-0.39, 0.29) is 0 Å². The van der Waals surface area contributed by atoms with Gasteiger partial charge in [-0.3, -0.25) is 0 Å². The topological polar surface area (TPSA) is 64.9 Å². The molecule has 0 saturated carbocycles. The lowest BCUT2D eigenvalue weighted by atomic mass is 10.4. The highest BCUT2D eigenvalue weighted by Crippen LogP contribution is 2.26. The minimum Gasteiger partial charge on any atom is -0.436 e. The lowest BCUT2D eigenvalue weighted by molar-refractivity contribution is 0.431. The molecule has 0 amide bonds. The average molecular weight is 235 g/mol. The van der Waals surface area contributed by atoms with E-state index in [4.69, 9.17) is 10.2 Å². The quantitative estimate of drug-likeness (QED) is 0.884. The van der Waals surface area contributed by atoms with Gasteiger partial charge in [0.25, 0.3) is 5.22 Å². The van der Waals surface area contributed by atoms with Crippen molar-refractivity contribution in [2.45, 2.75) is 30.6 Å². The molecule has 4 nitrogen and oxygen atoms in total. The Balaban J connectivity index is 2.20. The summed E-state index contributed by atoms with van der Waals surface area (Å²) in [5.41, 5.74) is 7.31. The van der Waals surface area contributed by atoms with Gasteiger partial charge in [0.1, 0.15) is 10.8 Å². The lowest BCUT2D eigenvalue weighted by Gasteiger charge is -1.99. The first kappa shape index (κ1) is 11.2. The number of oxazole rings is 1. The highest BCUT2D eigenvalue weighted by Gasteiger charge is 2.08. The standard InChI is InChI=1S/C11H13N3OS/c1-7-8(2)15-11(13-7)16-10-5-3-4-9(6-12)14-10/h3-5H,6,12H2,1-2H3. The molecule has 16 heavy (non-hydrogen) atoms. The van der Waals surface area contributed by atoms with Crippen LogP contribution in [0.25, 0.3) is 0 Å². The predicted octanol–water partition coefficient (Wildman–Crippen LogP) is 2.30. The van der Waals surface area contributed by atoms with Crippen molar-refractivity contribution in [3.8, 4) is 0 Å². The number of pyridine rings is 1. The molecule has 2 aromatic rings. The van der Waals surface area contributed by atoms with Crippen molar-refractivity contribution in [2.75, 3.05) is 0 Å². The Labute approximate surface area is 98.3 Å². The van der Waals surface area contributed by atoms with Gasteiger partial charge in [-0.25, -0.2) is 9.97 Å². The fourth-order valence-electron chi connectivity index (χ4n) is 1.20. The number of aromatic nitrogens is 2. The molecule has 5 heteroatoms. The molecule has 2 rings (SSSR count). The first-order valence-corrected chi connectivity index (χ1v) is 5.78. The van der Waals surface area contributed by atoms with Crippen LogP contribution in [-0.2, 0) is 6.54 Å². The average Bonchev–Trinajstić information content (AvgIpc) is 2.58. The number of nitrogens with zero attached hydrogens (tertiary/aromatic N) is 2. The van der Waals surface area contributed by atoms with Crippen LogP contribution in [0, 0.1) is 13.8 Å². The maximum absolute atomic E-state index is 5.53. The van der Waals surface area contributed by atoms with Crippen molar-refractivity contribution >= 4 is 11.8 Å². The van der Waals surface area contributed by atoms with Crippen LogP contribution in [-0.4, -0.2) is 9.97 Å². The van der Waals surface area contributed by atoms with Gasteiger partial charge in [0, 0.05) is 6.54 Å². The molecule has 0 aliphatic carbocycles. The third-order valence-electron chi connectivity index (χ3n) is 2.19. The molecule has 0 aromatic carbocycles. The largest absolute Gasteiger partial charge is 0.436 e. The van der Waals surface area contributed by atoms with E-state index in [2.05, 4.69) is 9.97 Å². The molecule has 2 N–H and O–H groups in total. The SMILES string of the molecule is Cc1nc(Sc2cccc(CN)n2)oc1C. The van der Waals surface area contributed by atoms with Gasteiger partial charge in [-0.05, 0) is 37.7 Å². The first-order chi connectivity index (χ1) is 7.69. The van der Waals surface area contributed by atoms with E-state index < -0.39 is 0 Å². The molecule has 0 radical (unpaired) electrons. The second-order valence-corrected chi connectivity index (χ2v) is 4.37. The van der Waals surface area contributed by atoms with E-state index in [1.165, 1.54) is 11.8 Å². The Morgan fingerprint density at radius 1 is 1.31 bits per heavy atom. The van der Waals surface area contributed by atoms with Crippen LogP contribution in [0.2, 0.25) is 0 Å². The van der Waals surface area contributed by atoms with Gasteiger partial charge < -0.3 is 10.2 Å². The monoisotopic (exact) mass is 235 g/mol. The van der Waals surface area contributed by atoms with Gasteiger partial charge in [0.2, 0.25) is 0 Å². The zero-order valence-corrected chi connectivity index (χ0v) is 10.0. The summed E-state index contributed by atoms with van der Waals surface area (Å²) in [5.74, 6) is 0.845. The van der Waals surface area contributed by atoms with E-state index in [1.54, 1.807) is 0 Å². The summed E-state index contributed by atoms with van der Waals surface area (Å²) in [6.45, 7) is 4.26. The van der Waals surface area contributed by atoms with Crippen LogP contribution in [0.5, 0.6) is 0 Å². The van der Waals surface area contributed by atoms with Crippen molar-refractivity contribution in [1.82, 2.24) is 9.97 Å². The van der Waals surface area contributed by atoms with Gasteiger partial charge in [-0.15, -0.1) is 0 Å². The Kier molecular flexibility index (Phi) is 3.26. The molecule has 0 atom stereocenters. The molecular weight excluding hydrogens is 222 g/mol. The van der Waals surface area contributed by atoms with Gasteiger partial charge >= 0.3 is 0 Å². The van der Waals surface area contributed by atoms with Crippen molar-refractivity contribution < 1.29 is 4.42 Å². The van der Waals surface area contributed by atoms with Crippen molar-refractivity contribution in [3.63, 3.8) is 0 Å². The molecule has 0 aliphatic heterocycles. The summed E-state index contributed by atoms with van der Waals surface area (Å²) in [6.07, 6.45) is 0. The van der Waals surface area contributed by atoms with Gasteiger partial charge in [-0.1, -0.05) is 6.07 Å². The zero-order valence-electron chi connectivity index (χ0n) is 9.23. The molecule has 0 unspecified atom stereocenters. The molecule has 84 valence electrons. The van der Waals surface area contributed by atoms with Crippen LogP contribution in [0.1, 0.15) is 17.1 Å². The second kappa shape index (κ2) is 4.67. The van der Waals surface area contributed by atoms with Crippen molar-refractivity contribution in [2.24, 2.45) is 5.73 Å². The Hall–Kier alpha value is -1.33. The van der Waals surface area contributed by atoms with E-state index >= 15 is 0 Å². The predicted molar refractivity (Wildman–Crippen MR) is 62.2 cm³/mol.